The predicted octanol–water partition coefficient (Wildman–Crippen LogP) is 13.0. The van der Waals surface area contributed by atoms with Gasteiger partial charge in [0.1, 0.15) is 0 Å². The Morgan fingerprint density at radius 3 is 1.61 bits per heavy atom. The normalized spacial score (nSPS) is 11.5. The minimum absolute atomic E-state index is 0.806. The van der Waals surface area contributed by atoms with Gasteiger partial charge in [0.05, 0.1) is 45.0 Å². The molecule has 0 aliphatic carbocycles. The van der Waals surface area contributed by atoms with E-state index >= 15 is 0 Å². The molecule has 0 radical (unpaired) electrons. The maximum Gasteiger partial charge on any atom is 0.0900 e. The van der Waals surface area contributed by atoms with Crippen molar-refractivity contribution in [3.8, 4) is 62.0 Å². The number of rotatable bonds is 6. The van der Waals surface area contributed by atoms with Gasteiger partial charge in [0.25, 0.3) is 0 Å². The van der Waals surface area contributed by atoms with Crippen LogP contribution in [0.4, 0.5) is 0 Å². The summed E-state index contributed by atoms with van der Waals surface area (Å²) in [5.74, 6) is 0. The molecule has 11 aromatic rings. The van der Waals surface area contributed by atoms with Crippen molar-refractivity contribution in [1.29, 1.82) is 0 Å². The van der Waals surface area contributed by atoms with E-state index in [9.17, 15) is 0 Å². The lowest BCUT2D eigenvalue weighted by Gasteiger charge is -2.15. The SMILES string of the molecule is c1ccc(-c2nc3cc(-c4ccc(-c5cc(-c6ccccn6)nc(-c6ccccn6)c5)cc4)ccc3c3c2ccc2c4ccccc4n(-c4ccccc4)c23)cc1. The molecular formula is C52H33N5. The van der Waals surface area contributed by atoms with Gasteiger partial charge in [0.15, 0.2) is 0 Å². The molecule has 0 amide bonds. The van der Waals surface area contributed by atoms with Crippen LogP contribution in [-0.2, 0) is 0 Å². The van der Waals surface area contributed by atoms with Gasteiger partial charge >= 0.3 is 0 Å². The predicted molar refractivity (Wildman–Crippen MR) is 234 cm³/mol. The number of para-hydroxylation sites is 2. The van der Waals surface area contributed by atoms with Crippen molar-refractivity contribution < 1.29 is 0 Å². The van der Waals surface area contributed by atoms with Gasteiger partial charge in [-0.1, -0.05) is 127 Å². The van der Waals surface area contributed by atoms with E-state index in [1.165, 1.54) is 27.2 Å². The third-order valence-corrected chi connectivity index (χ3v) is 10.9. The van der Waals surface area contributed by atoms with Crippen molar-refractivity contribution >= 4 is 43.5 Å². The van der Waals surface area contributed by atoms with E-state index < -0.39 is 0 Å². The van der Waals surface area contributed by atoms with Crippen LogP contribution in [0.15, 0.2) is 200 Å². The van der Waals surface area contributed by atoms with E-state index in [2.05, 4.69) is 166 Å². The largest absolute Gasteiger partial charge is 0.309 e. The molecule has 6 aromatic carbocycles. The van der Waals surface area contributed by atoms with E-state index in [0.717, 1.165) is 78.3 Å². The van der Waals surface area contributed by atoms with Gasteiger partial charge in [0.2, 0.25) is 0 Å². The van der Waals surface area contributed by atoms with E-state index in [1.807, 2.05) is 36.4 Å². The fourth-order valence-electron chi connectivity index (χ4n) is 8.23. The molecule has 0 saturated carbocycles. The topological polar surface area (TPSA) is 56.5 Å². The van der Waals surface area contributed by atoms with Crippen LogP contribution in [0.1, 0.15) is 0 Å². The lowest BCUT2D eigenvalue weighted by molar-refractivity contribution is 1.19. The number of aromatic nitrogens is 5. The van der Waals surface area contributed by atoms with Crippen molar-refractivity contribution in [1.82, 2.24) is 24.5 Å². The molecule has 0 atom stereocenters. The van der Waals surface area contributed by atoms with Crippen LogP contribution in [0.5, 0.6) is 0 Å². The number of hydrogen-bond acceptors (Lipinski definition) is 4. The molecule has 5 heteroatoms. The number of benzene rings is 6. The summed E-state index contributed by atoms with van der Waals surface area (Å²) in [5.41, 5.74) is 14.1. The first-order chi connectivity index (χ1) is 28.3. The molecule has 0 fully saturated rings. The first kappa shape index (κ1) is 32.7. The molecule has 0 N–H and O–H groups in total. The number of nitrogens with zero attached hydrogens (tertiary/aromatic N) is 5. The van der Waals surface area contributed by atoms with Crippen molar-refractivity contribution in [3.05, 3.63) is 200 Å². The van der Waals surface area contributed by atoms with E-state index in [4.69, 9.17) is 9.97 Å². The molecule has 11 rings (SSSR count). The van der Waals surface area contributed by atoms with Crippen LogP contribution in [0.2, 0.25) is 0 Å². The Morgan fingerprint density at radius 2 is 0.930 bits per heavy atom. The Bertz CT molecular complexity index is 3190. The molecule has 0 bridgehead atoms. The molecule has 0 aliphatic heterocycles. The first-order valence-electron chi connectivity index (χ1n) is 19.1. The second-order valence-electron chi connectivity index (χ2n) is 14.3. The van der Waals surface area contributed by atoms with Gasteiger partial charge in [0, 0.05) is 50.6 Å². The lowest BCUT2D eigenvalue weighted by Crippen LogP contribution is -1.96. The standard InChI is InChI=1S/C52H33N5/c1-3-13-36(14-4-1)51-43-28-27-41-40-17-7-8-20-49(40)57(39-15-5-2-6-16-39)52(41)50(43)42-26-25-37(31-46(42)56-51)34-21-23-35(24-22-34)38-32-47(44-18-9-11-29-53-44)55-48(33-38)45-19-10-12-30-54-45/h1-33H. The second kappa shape index (κ2) is 13.5. The van der Waals surface area contributed by atoms with E-state index in [-0.39, 0.29) is 0 Å². The highest BCUT2D eigenvalue weighted by Crippen LogP contribution is 2.43. The van der Waals surface area contributed by atoms with Gasteiger partial charge in [-0.25, -0.2) is 9.97 Å². The van der Waals surface area contributed by atoms with Gasteiger partial charge in [-0.15, -0.1) is 0 Å². The number of pyridine rings is 4. The lowest BCUT2D eigenvalue weighted by atomic mass is 9.95. The summed E-state index contributed by atoms with van der Waals surface area (Å²) >= 11 is 0. The summed E-state index contributed by atoms with van der Waals surface area (Å²) in [5, 5.41) is 5.90. The summed E-state index contributed by atoms with van der Waals surface area (Å²) in [7, 11) is 0. The summed E-state index contributed by atoms with van der Waals surface area (Å²) < 4.78 is 2.42. The van der Waals surface area contributed by atoms with Crippen LogP contribution in [0.3, 0.4) is 0 Å². The minimum atomic E-state index is 0.806. The molecule has 266 valence electrons. The summed E-state index contributed by atoms with van der Waals surface area (Å²) in [4.78, 5) is 19.6. The van der Waals surface area contributed by atoms with Crippen LogP contribution in [-0.4, -0.2) is 24.5 Å². The average Bonchev–Trinajstić information content (AvgIpc) is 3.64. The Labute approximate surface area is 329 Å². The maximum atomic E-state index is 5.44. The van der Waals surface area contributed by atoms with Gasteiger partial charge in [-0.3, -0.25) is 9.97 Å². The van der Waals surface area contributed by atoms with Crippen molar-refractivity contribution in [3.63, 3.8) is 0 Å². The highest BCUT2D eigenvalue weighted by Gasteiger charge is 2.20. The molecule has 0 unspecified atom stereocenters. The average molecular weight is 728 g/mol. The smallest absolute Gasteiger partial charge is 0.0900 e. The van der Waals surface area contributed by atoms with Crippen LogP contribution >= 0.6 is 0 Å². The highest BCUT2D eigenvalue weighted by atomic mass is 15.0. The van der Waals surface area contributed by atoms with Gasteiger partial charge < -0.3 is 4.57 Å². The fraction of sp³-hybridized carbons (Fsp3) is 0. The molecule has 5 heterocycles. The Balaban J connectivity index is 1.09. The second-order valence-corrected chi connectivity index (χ2v) is 14.3. The quantitative estimate of drug-likeness (QED) is 0.160. The maximum absolute atomic E-state index is 5.44. The van der Waals surface area contributed by atoms with Crippen molar-refractivity contribution in [2.24, 2.45) is 0 Å². The third-order valence-electron chi connectivity index (χ3n) is 10.9. The van der Waals surface area contributed by atoms with Gasteiger partial charge in [-0.05, 0) is 82.9 Å². The Hall–Kier alpha value is -7.76. The number of hydrogen-bond donors (Lipinski definition) is 0. The Morgan fingerprint density at radius 1 is 0.351 bits per heavy atom. The zero-order valence-corrected chi connectivity index (χ0v) is 30.8. The highest BCUT2D eigenvalue weighted by molar-refractivity contribution is 6.27. The van der Waals surface area contributed by atoms with E-state index in [0.29, 0.717) is 0 Å². The number of fused-ring (bicyclic) bond motifs is 7. The fourth-order valence-corrected chi connectivity index (χ4v) is 8.23. The first-order valence-corrected chi connectivity index (χ1v) is 19.1. The van der Waals surface area contributed by atoms with Gasteiger partial charge in [-0.2, -0.15) is 0 Å². The molecular weight excluding hydrogens is 695 g/mol. The molecule has 0 spiro atoms. The molecule has 0 aliphatic rings. The molecule has 57 heavy (non-hydrogen) atoms. The third kappa shape index (κ3) is 5.64. The molecule has 5 aromatic heterocycles. The summed E-state index contributed by atoms with van der Waals surface area (Å²) in [6.45, 7) is 0. The minimum Gasteiger partial charge on any atom is -0.309 e. The summed E-state index contributed by atoms with van der Waals surface area (Å²) in [6.07, 6.45) is 3.60. The molecule has 5 nitrogen and oxygen atoms in total. The zero-order valence-electron chi connectivity index (χ0n) is 30.8. The van der Waals surface area contributed by atoms with E-state index in [1.54, 1.807) is 12.4 Å². The zero-order chi connectivity index (χ0) is 37.7. The van der Waals surface area contributed by atoms with Crippen LogP contribution in [0, 0.1) is 0 Å². The summed E-state index contributed by atoms with van der Waals surface area (Å²) in [6, 6.07) is 66.0. The monoisotopic (exact) mass is 727 g/mol. The van der Waals surface area contributed by atoms with Crippen molar-refractivity contribution in [2.45, 2.75) is 0 Å². The van der Waals surface area contributed by atoms with Crippen LogP contribution < -0.4 is 0 Å². The van der Waals surface area contributed by atoms with Crippen LogP contribution in [0.25, 0.3) is 105 Å². The van der Waals surface area contributed by atoms with Crippen molar-refractivity contribution in [2.75, 3.05) is 0 Å². The Kier molecular flexibility index (Phi) is 7.74. The molecule has 0 saturated heterocycles.